The molecular formula is C15H20BrNO4. The third-order valence-electron chi connectivity index (χ3n) is 3.73. The maximum atomic E-state index is 10.9. The lowest BCUT2D eigenvalue weighted by atomic mass is 9.94. The van der Waals surface area contributed by atoms with E-state index in [9.17, 15) is 9.90 Å². The van der Waals surface area contributed by atoms with Gasteiger partial charge in [0.25, 0.3) is 0 Å². The first-order valence-corrected chi connectivity index (χ1v) is 7.69. The van der Waals surface area contributed by atoms with E-state index < -0.39 is 11.6 Å². The summed E-state index contributed by atoms with van der Waals surface area (Å²) in [4.78, 5) is 13.0. The molecule has 2 N–H and O–H groups in total. The Labute approximate surface area is 132 Å². The van der Waals surface area contributed by atoms with E-state index in [-0.39, 0.29) is 5.56 Å². The Balaban J connectivity index is 1.99. The predicted molar refractivity (Wildman–Crippen MR) is 82.4 cm³/mol. The monoisotopic (exact) mass is 357 g/mol. The summed E-state index contributed by atoms with van der Waals surface area (Å²) in [6.45, 7) is 2.41. The van der Waals surface area contributed by atoms with Gasteiger partial charge in [-0.05, 0) is 24.7 Å². The number of hydrogen-bond acceptors (Lipinski definition) is 4. The average molecular weight is 358 g/mol. The molecule has 0 unspecified atom stereocenters. The molecule has 1 saturated heterocycles. The molecule has 1 aromatic carbocycles. The third-order valence-corrected chi connectivity index (χ3v) is 4.47. The van der Waals surface area contributed by atoms with Crippen LogP contribution in [0, 0.1) is 0 Å². The molecular weight excluding hydrogens is 338 g/mol. The second-order valence-corrected chi connectivity index (χ2v) is 6.47. The molecule has 1 heterocycles. The van der Waals surface area contributed by atoms with Crippen LogP contribution in [0.4, 0.5) is 0 Å². The van der Waals surface area contributed by atoms with Crippen molar-refractivity contribution in [3.8, 4) is 0 Å². The summed E-state index contributed by atoms with van der Waals surface area (Å²) in [5.41, 5.74) is 0.565. The Morgan fingerprint density at radius 2 is 2.10 bits per heavy atom. The van der Waals surface area contributed by atoms with Crippen LogP contribution in [0.5, 0.6) is 0 Å². The first-order chi connectivity index (χ1) is 9.89. The Morgan fingerprint density at radius 1 is 1.43 bits per heavy atom. The van der Waals surface area contributed by atoms with Crippen LogP contribution >= 0.6 is 15.9 Å². The van der Waals surface area contributed by atoms with Crippen molar-refractivity contribution < 1.29 is 19.7 Å². The summed E-state index contributed by atoms with van der Waals surface area (Å²) >= 11 is 3.41. The first kappa shape index (κ1) is 16.4. The van der Waals surface area contributed by atoms with E-state index in [1.54, 1.807) is 18.2 Å². The molecule has 21 heavy (non-hydrogen) atoms. The lowest BCUT2D eigenvalue weighted by Gasteiger charge is -2.35. The summed E-state index contributed by atoms with van der Waals surface area (Å²) in [5.74, 6) is -0.938. The molecule has 2 rings (SSSR count). The van der Waals surface area contributed by atoms with Gasteiger partial charge in [0.05, 0.1) is 11.2 Å². The second-order valence-electron chi connectivity index (χ2n) is 5.62. The minimum absolute atomic E-state index is 0.260. The van der Waals surface area contributed by atoms with Gasteiger partial charge in [0, 0.05) is 43.6 Å². The number of carbonyl (C=O) groups is 1. The fourth-order valence-electron chi connectivity index (χ4n) is 2.57. The van der Waals surface area contributed by atoms with Crippen LogP contribution in [0.2, 0.25) is 0 Å². The summed E-state index contributed by atoms with van der Waals surface area (Å²) in [5, 5.41) is 19.5. The molecule has 0 saturated carbocycles. The van der Waals surface area contributed by atoms with Crippen molar-refractivity contribution >= 4 is 21.9 Å². The number of likely N-dealkylation sites (N-methyl/N-ethyl adjacent to an activating group) is 1. The van der Waals surface area contributed by atoms with Crippen molar-refractivity contribution in [1.82, 2.24) is 4.90 Å². The molecule has 0 aromatic heterocycles. The molecule has 0 spiro atoms. The average Bonchev–Trinajstić information content (AvgIpc) is 2.41. The molecule has 0 amide bonds. The highest BCUT2D eigenvalue weighted by Gasteiger charge is 2.31. The molecule has 0 atom stereocenters. The zero-order chi connectivity index (χ0) is 15.5. The number of aliphatic hydroxyl groups is 1. The van der Waals surface area contributed by atoms with Gasteiger partial charge in [0.2, 0.25) is 0 Å². The first-order valence-electron chi connectivity index (χ1n) is 6.90. The van der Waals surface area contributed by atoms with Crippen LogP contribution in [0.3, 0.4) is 0 Å². The van der Waals surface area contributed by atoms with Gasteiger partial charge >= 0.3 is 5.97 Å². The van der Waals surface area contributed by atoms with E-state index in [1.165, 1.54) is 0 Å². The van der Waals surface area contributed by atoms with Crippen LogP contribution in [-0.4, -0.2) is 53.5 Å². The molecule has 1 aromatic rings. The Bertz CT molecular complexity index is 514. The number of nitrogens with zero attached hydrogens (tertiary/aromatic N) is 1. The van der Waals surface area contributed by atoms with Crippen LogP contribution in [0.15, 0.2) is 22.7 Å². The number of halogens is 1. The van der Waals surface area contributed by atoms with Gasteiger partial charge in [0.15, 0.2) is 0 Å². The molecule has 0 bridgehead atoms. The van der Waals surface area contributed by atoms with Crippen molar-refractivity contribution in [1.29, 1.82) is 0 Å². The standard InChI is InChI=1S/C15H20BrNO4/c1-17(10-15(20)4-6-21-7-5-15)9-12-3-2-11(14(18)19)8-13(12)16/h2-3,8,20H,4-7,9-10H2,1H3,(H,18,19). The lowest BCUT2D eigenvalue weighted by Crippen LogP contribution is -2.45. The minimum atomic E-state index is -0.938. The fraction of sp³-hybridized carbons (Fsp3) is 0.533. The molecule has 1 fully saturated rings. The zero-order valence-electron chi connectivity index (χ0n) is 12.0. The van der Waals surface area contributed by atoms with Gasteiger partial charge in [-0.1, -0.05) is 22.0 Å². The van der Waals surface area contributed by atoms with Crippen molar-refractivity contribution in [2.24, 2.45) is 0 Å². The van der Waals surface area contributed by atoms with E-state index in [2.05, 4.69) is 15.9 Å². The van der Waals surface area contributed by atoms with Crippen molar-refractivity contribution in [3.63, 3.8) is 0 Å². The van der Waals surface area contributed by atoms with Gasteiger partial charge in [-0.15, -0.1) is 0 Å². The van der Waals surface area contributed by atoms with Crippen molar-refractivity contribution in [3.05, 3.63) is 33.8 Å². The number of carboxylic acid groups (broad SMARTS) is 1. The molecule has 0 aliphatic carbocycles. The van der Waals surface area contributed by atoms with Gasteiger partial charge in [-0.25, -0.2) is 4.79 Å². The number of ether oxygens (including phenoxy) is 1. The Morgan fingerprint density at radius 3 is 2.67 bits per heavy atom. The van der Waals surface area contributed by atoms with Gasteiger partial charge < -0.3 is 14.9 Å². The largest absolute Gasteiger partial charge is 0.478 e. The number of aromatic carboxylic acids is 1. The summed E-state index contributed by atoms with van der Waals surface area (Å²) < 4.78 is 6.05. The Kier molecular flexibility index (Phi) is 5.37. The molecule has 1 aliphatic rings. The van der Waals surface area contributed by atoms with E-state index in [1.807, 2.05) is 11.9 Å². The van der Waals surface area contributed by atoms with E-state index >= 15 is 0 Å². The molecule has 6 heteroatoms. The normalized spacial score (nSPS) is 17.9. The second kappa shape index (κ2) is 6.87. The molecule has 1 aliphatic heterocycles. The minimum Gasteiger partial charge on any atom is -0.478 e. The summed E-state index contributed by atoms with van der Waals surface area (Å²) in [6, 6.07) is 5.01. The van der Waals surface area contributed by atoms with Crippen LogP contribution in [0.25, 0.3) is 0 Å². The van der Waals surface area contributed by atoms with E-state index in [0.717, 1.165) is 10.0 Å². The SMILES string of the molecule is CN(Cc1ccc(C(=O)O)cc1Br)CC1(O)CCOCC1. The molecule has 0 radical (unpaired) electrons. The smallest absolute Gasteiger partial charge is 0.335 e. The number of hydrogen-bond donors (Lipinski definition) is 2. The maximum absolute atomic E-state index is 10.9. The van der Waals surface area contributed by atoms with Crippen molar-refractivity contribution in [2.45, 2.75) is 25.0 Å². The number of carboxylic acids is 1. The Hall–Kier alpha value is -0.950. The van der Waals surface area contributed by atoms with Crippen LogP contribution in [-0.2, 0) is 11.3 Å². The maximum Gasteiger partial charge on any atom is 0.335 e. The zero-order valence-corrected chi connectivity index (χ0v) is 13.6. The van der Waals surface area contributed by atoms with E-state index in [0.29, 0.717) is 39.1 Å². The van der Waals surface area contributed by atoms with Gasteiger partial charge in [0.1, 0.15) is 0 Å². The quantitative estimate of drug-likeness (QED) is 0.844. The predicted octanol–water partition coefficient (Wildman–Crippen LogP) is 2.12. The highest BCUT2D eigenvalue weighted by Crippen LogP contribution is 2.24. The highest BCUT2D eigenvalue weighted by molar-refractivity contribution is 9.10. The number of rotatable bonds is 5. The topological polar surface area (TPSA) is 70.0 Å². The molecule has 5 nitrogen and oxygen atoms in total. The van der Waals surface area contributed by atoms with Crippen LogP contribution in [0.1, 0.15) is 28.8 Å². The number of benzene rings is 1. The third kappa shape index (κ3) is 4.51. The fourth-order valence-corrected chi connectivity index (χ4v) is 3.07. The van der Waals surface area contributed by atoms with Gasteiger partial charge in [-0.3, -0.25) is 4.90 Å². The van der Waals surface area contributed by atoms with Crippen molar-refractivity contribution in [2.75, 3.05) is 26.8 Å². The van der Waals surface area contributed by atoms with Gasteiger partial charge in [-0.2, -0.15) is 0 Å². The van der Waals surface area contributed by atoms with E-state index in [4.69, 9.17) is 9.84 Å². The lowest BCUT2D eigenvalue weighted by molar-refractivity contribution is -0.0777. The summed E-state index contributed by atoms with van der Waals surface area (Å²) in [7, 11) is 1.95. The van der Waals surface area contributed by atoms with Crippen LogP contribution < -0.4 is 0 Å². The highest BCUT2D eigenvalue weighted by atomic mass is 79.9. The summed E-state index contributed by atoms with van der Waals surface area (Å²) in [6.07, 6.45) is 1.30. The molecule has 116 valence electrons.